The smallest absolute Gasteiger partial charge is 0.387 e. The number of hydrogen-bond acceptors (Lipinski definition) is 4. The molecule has 6 nitrogen and oxygen atoms in total. The largest absolute Gasteiger partial charge is 0.435 e. The van der Waals surface area contributed by atoms with E-state index in [9.17, 15) is 22.0 Å². The molecule has 30 heavy (non-hydrogen) atoms. The summed E-state index contributed by atoms with van der Waals surface area (Å²) in [5.74, 6) is 0.00935. The predicted molar refractivity (Wildman–Crippen MR) is 109 cm³/mol. The van der Waals surface area contributed by atoms with E-state index in [1.165, 1.54) is 52.8 Å². The normalized spacial score (nSPS) is 20.2. The Kier molecular flexibility index (Phi) is 6.72. The van der Waals surface area contributed by atoms with Gasteiger partial charge in [0, 0.05) is 24.3 Å². The number of alkyl halides is 2. The molecule has 0 aromatic heterocycles. The van der Waals surface area contributed by atoms with Crippen molar-refractivity contribution in [1.29, 1.82) is 0 Å². The Bertz CT molecular complexity index is 986. The summed E-state index contributed by atoms with van der Waals surface area (Å²) in [6, 6.07) is 11.3. The molecule has 0 aliphatic carbocycles. The van der Waals surface area contributed by atoms with Crippen molar-refractivity contribution in [2.75, 3.05) is 18.4 Å². The highest BCUT2D eigenvalue weighted by Gasteiger charge is 2.32. The molecule has 2 aromatic carbocycles. The van der Waals surface area contributed by atoms with Gasteiger partial charge in [-0.15, -0.1) is 0 Å². The monoisotopic (exact) mass is 438 g/mol. The topological polar surface area (TPSA) is 75.7 Å². The maximum absolute atomic E-state index is 13.1. The van der Waals surface area contributed by atoms with E-state index in [2.05, 4.69) is 10.1 Å². The highest BCUT2D eigenvalue weighted by Crippen LogP contribution is 2.27. The molecule has 0 bridgehead atoms. The third kappa shape index (κ3) is 5.34. The first-order valence-electron chi connectivity index (χ1n) is 9.61. The maximum Gasteiger partial charge on any atom is 0.387 e. The molecule has 1 saturated heterocycles. The molecule has 3 rings (SSSR count). The summed E-state index contributed by atoms with van der Waals surface area (Å²) >= 11 is 0. The summed E-state index contributed by atoms with van der Waals surface area (Å²) in [6.45, 7) is 2.03. The number of carbonyl (C=O) groups excluding carboxylic acids is 1. The van der Waals surface area contributed by atoms with Gasteiger partial charge in [-0.05, 0) is 60.7 Å². The van der Waals surface area contributed by atoms with Crippen molar-refractivity contribution < 1.29 is 26.7 Å². The second-order valence-electron chi connectivity index (χ2n) is 7.65. The molecule has 1 heterocycles. The van der Waals surface area contributed by atoms with Crippen LogP contribution in [-0.4, -0.2) is 38.3 Å². The molecular weight excluding hydrogens is 414 g/mol. The Morgan fingerprint density at radius 3 is 2.33 bits per heavy atom. The number of sulfonamides is 1. The van der Waals surface area contributed by atoms with Crippen LogP contribution in [0.25, 0.3) is 0 Å². The van der Waals surface area contributed by atoms with Crippen molar-refractivity contribution in [2.45, 2.75) is 31.8 Å². The number of anilines is 1. The van der Waals surface area contributed by atoms with Gasteiger partial charge in [0.2, 0.25) is 10.0 Å². The zero-order valence-electron chi connectivity index (χ0n) is 16.7. The molecule has 1 aliphatic rings. The van der Waals surface area contributed by atoms with E-state index in [0.717, 1.165) is 6.42 Å². The van der Waals surface area contributed by atoms with Crippen LogP contribution in [0.15, 0.2) is 53.4 Å². The van der Waals surface area contributed by atoms with E-state index >= 15 is 0 Å². The summed E-state index contributed by atoms with van der Waals surface area (Å²) in [7, 11) is -3.71. The van der Waals surface area contributed by atoms with Gasteiger partial charge in [0.15, 0.2) is 0 Å². The number of nitrogens with one attached hydrogen (secondary N) is 1. The van der Waals surface area contributed by atoms with Crippen LogP contribution in [0.3, 0.4) is 0 Å². The number of rotatable bonds is 6. The number of halogens is 2. The van der Waals surface area contributed by atoms with Gasteiger partial charge in [0.05, 0.1) is 4.90 Å². The first-order chi connectivity index (χ1) is 14.1. The average Bonchev–Trinajstić information content (AvgIpc) is 2.68. The Morgan fingerprint density at radius 2 is 1.73 bits per heavy atom. The lowest BCUT2D eigenvalue weighted by Crippen LogP contribution is -2.42. The fraction of sp³-hybridized carbons (Fsp3) is 0.381. The molecule has 1 N–H and O–H groups in total. The average molecular weight is 438 g/mol. The van der Waals surface area contributed by atoms with E-state index in [0.29, 0.717) is 18.8 Å². The molecule has 1 fully saturated rings. The first-order valence-corrected chi connectivity index (χ1v) is 11.1. The van der Waals surface area contributed by atoms with E-state index in [4.69, 9.17) is 0 Å². The van der Waals surface area contributed by atoms with Gasteiger partial charge in [0.25, 0.3) is 5.91 Å². The van der Waals surface area contributed by atoms with Crippen LogP contribution in [0.2, 0.25) is 0 Å². The summed E-state index contributed by atoms with van der Waals surface area (Å²) in [5, 5.41) is 2.62. The van der Waals surface area contributed by atoms with Crippen LogP contribution < -0.4 is 10.1 Å². The third-order valence-corrected chi connectivity index (χ3v) is 6.73. The number of carbonyl (C=O) groups is 1. The van der Waals surface area contributed by atoms with Crippen molar-refractivity contribution in [3.63, 3.8) is 0 Å². The van der Waals surface area contributed by atoms with E-state index in [1.807, 2.05) is 13.8 Å². The molecule has 2 aromatic rings. The van der Waals surface area contributed by atoms with E-state index in [-0.39, 0.29) is 28.0 Å². The van der Waals surface area contributed by atoms with Gasteiger partial charge in [-0.2, -0.15) is 13.1 Å². The molecule has 1 aliphatic heterocycles. The summed E-state index contributed by atoms with van der Waals surface area (Å²) in [6.07, 6.45) is 0.982. The molecule has 162 valence electrons. The lowest BCUT2D eigenvalue weighted by atomic mass is 9.94. The Balaban J connectivity index is 1.75. The van der Waals surface area contributed by atoms with Crippen molar-refractivity contribution in [1.82, 2.24) is 4.31 Å². The van der Waals surface area contributed by atoms with Crippen LogP contribution in [0.5, 0.6) is 5.75 Å². The van der Waals surface area contributed by atoms with E-state index < -0.39 is 22.5 Å². The molecule has 2 unspecified atom stereocenters. The highest BCUT2D eigenvalue weighted by molar-refractivity contribution is 7.89. The van der Waals surface area contributed by atoms with Crippen molar-refractivity contribution in [2.24, 2.45) is 11.8 Å². The minimum atomic E-state index is -3.71. The van der Waals surface area contributed by atoms with Gasteiger partial charge in [-0.1, -0.05) is 19.9 Å². The SMILES string of the molecule is CC1CC(C)CN(S(=O)(=O)c2cccc(C(=O)Nc3ccc(OC(F)F)cc3)c2)C1. The van der Waals surface area contributed by atoms with Crippen molar-refractivity contribution >= 4 is 21.6 Å². The number of benzene rings is 2. The predicted octanol–water partition coefficient (Wildman–Crippen LogP) is 4.21. The third-order valence-electron chi connectivity index (χ3n) is 4.91. The molecule has 0 radical (unpaired) electrons. The molecule has 0 spiro atoms. The number of hydrogen-bond donors (Lipinski definition) is 1. The minimum absolute atomic E-state index is 0.0268. The minimum Gasteiger partial charge on any atom is -0.435 e. The van der Waals surface area contributed by atoms with E-state index in [1.54, 1.807) is 0 Å². The van der Waals surface area contributed by atoms with Crippen LogP contribution in [-0.2, 0) is 10.0 Å². The van der Waals surface area contributed by atoms with Crippen LogP contribution in [0.4, 0.5) is 14.5 Å². The lowest BCUT2D eigenvalue weighted by molar-refractivity contribution is -0.0498. The molecule has 1 amide bonds. The Morgan fingerprint density at radius 1 is 1.10 bits per heavy atom. The first kappa shape index (κ1) is 22.2. The summed E-state index contributed by atoms with van der Waals surface area (Å²) < 4.78 is 56.3. The van der Waals surface area contributed by atoms with Crippen LogP contribution in [0, 0.1) is 11.8 Å². The fourth-order valence-electron chi connectivity index (χ4n) is 3.67. The van der Waals surface area contributed by atoms with Gasteiger partial charge in [-0.25, -0.2) is 8.42 Å². The summed E-state index contributed by atoms with van der Waals surface area (Å²) in [4.78, 5) is 12.6. The van der Waals surface area contributed by atoms with Gasteiger partial charge < -0.3 is 10.1 Å². The highest BCUT2D eigenvalue weighted by atomic mass is 32.2. The fourth-order valence-corrected chi connectivity index (χ4v) is 5.40. The zero-order valence-corrected chi connectivity index (χ0v) is 17.5. The quantitative estimate of drug-likeness (QED) is 0.733. The Labute approximate surface area is 174 Å². The number of piperidine rings is 1. The van der Waals surface area contributed by atoms with Crippen molar-refractivity contribution in [3.8, 4) is 5.75 Å². The van der Waals surface area contributed by atoms with Gasteiger partial charge in [0.1, 0.15) is 5.75 Å². The Hall–Kier alpha value is -2.52. The summed E-state index contributed by atoms with van der Waals surface area (Å²) in [5.41, 5.74) is 0.552. The van der Waals surface area contributed by atoms with Gasteiger partial charge >= 0.3 is 6.61 Å². The molecule has 9 heteroatoms. The molecule has 2 atom stereocenters. The second-order valence-corrected chi connectivity index (χ2v) is 9.59. The standard InChI is InChI=1S/C21H24F2N2O4S/c1-14-10-15(2)13-25(12-14)30(27,28)19-5-3-4-16(11-19)20(26)24-17-6-8-18(9-7-17)29-21(22)23/h3-9,11,14-15,21H,10,12-13H2,1-2H3,(H,24,26). The lowest BCUT2D eigenvalue weighted by Gasteiger charge is -2.34. The number of amides is 1. The number of ether oxygens (including phenoxy) is 1. The zero-order chi connectivity index (χ0) is 21.9. The molecular formula is C21H24F2N2O4S. The van der Waals surface area contributed by atoms with Crippen molar-refractivity contribution in [3.05, 3.63) is 54.1 Å². The second kappa shape index (κ2) is 9.09. The maximum atomic E-state index is 13.1. The molecule has 0 saturated carbocycles. The number of nitrogens with zero attached hydrogens (tertiary/aromatic N) is 1. The van der Waals surface area contributed by atoms with Gasteiger partial charge in [-0.3, -0.25) is 4.79 Å². The van der Waals surface area contributed by atoms with Crippen LogP contribution in [0.1, 0.15) is 30.6 Å². The van der Waals surface area contributed by atoms with Crippen LogP contribution >= 0.6 is 0 Å².